The number of urea groups is 2. The molecule has 0 radical (unpaired) electrons. The van der Waals surface area contributed by atoms with Crippen LogP contribution in [0.5, 0.6) is 0 Å². The lowest BCUT2D eigenvalue weighted by Crippen LogP contribution is -2.34. The number of sulfonamides is 3. The number of furan rings is 3. The lowest BCUT2D eigenvalue weighted by Gasteiger charge is -2.17. The summed E-state index contributed by atoms with van der Waals surface area (Å²) < 4.78 is 90.2. The highest BCUT2D eigenvalue weighted by Crippen LogP contribution is 2.46. The van der Waals surface area contributed by atoms with Crippen molar-refractivity contribution in [3.8, 4) is 0 Å². The number of ketones is 4. The zero-order valence-electron chi connectivity index (χ0n) is 65.5. The number of carbonyl (C=O) groups excluding carboxylic acids is 7. The van der Waals surface area contributed by atoms with Gasteiger partial charge in [-0.05, 0) is 279 Å². The number of hydrogen-bond acceptors (Lipinski definition) is 24. The number of fused-ring (bicyclic) bond motifs is 10. The van der Waals surface area contributed by atoms with Crippen molar-refractivity contribution in [3.63, 3.8) is 0 Å². The first-order valence-corrected chi connectivity index (χ1v) is 43.4. The number of nitrogens with one attached hydrogen (secondary N) is 4. The van der Waals surface area contributed by atoms with E-state index in [1.54, 1.807) is 6.08 Å². The molecule has 10 aliphatic carbocycles. The van der Waals surface area contributed by atoms with Gasteiger partial charge in [0.1, 0.15) is 0 Å². The van der Waals surface area contributed by atoms with Crippen molar-refractivity contribution in [2.75, 3.05) is 16.4 Å². The standard InChI is InChI=1S/C20H24N2O6S.C20H22N2O6S.C13H11NO2.C12H11NO3.C12H13NO.C7H11NO4S/c2*1-20(2,25)12-9-17(28-10-12)29(26,27)22-19(24)21-18-13-5-3-4-11(13)8-15-14(18)6-7-16(15)23;15-7-14-13-9-3-1-2-8(9)6-11-10(13)4-5-12(11)16;14-11-5-4-9-10(11)6-7-2-1-3-8(7)12(9)13(15)16;13-12-8-3-1-2-7(8)6-10-9(12)4-5-11(10)14;1-7(2,9)5-3-6(12-4-5)13(8,10)11/h8-10,16,23,25H,3-7H2,1-2H3,(H2,21,22,24);8-10,25H,3-7H2,1-2H3,(H2,21,22,24);2*6H,1-5H2;6H,1-5,13H2;3-4,9H,1-2H3,(H2,8,10,11). The number of nitrogens with zero attached hydrogens (tertiary/aromatic N) is 2. The number of rotatable bonds is 12. The zero-order chi connectivity index (χ0) is 84.3. The van der Waals surface area contributed by atoms with Crippen LogP contribution in [0.3, 0.4) is 0 Å². The maximum absolute atomic E-state index is 12.5. The molecular weight excluding hydrogens is 1570 g/mol. The van der Waals surface area contributed by atoms with E-state index in [2.05, 4.69) is 26.1 Å². The van der Waals surface area contributed by atoms with Crippen LogP contribution < -0.4 is 31.0 Å². The van der Waals surface area contributed by atoms with Crippen LogP contribution in [0.15, 0.2) is 101 Å². The Bertz CT molecular complexity index is 5800. The fraction of sp³-hybridized carbons (Fsp3) is 0.417. The van der Waals surface area contributed by atoms with Crippen molar-refractivity contribution in [3.05, 3.63) is 205 Å². The van der Waals surface area contributed by atoms with E-state index in [9.17, 15) is 89.4 Å². The van der Waals surface area contributed by atoms with Crippen molar-refractivity contribution < 1.29 is 97.4 Å². The highest BCUT2D eigenvalue weighted by Gasteiger charge is 2.38. The van der Waals surface area contributed by atoms with Crippen molar-refractivity contribution in [1.82, 2.24) is 9.44 Å². The lowest BCUT2D eigenvalue weighted by molar-refractivity contribution is -0.386. The van der Waals surface area contributed by atoms with Gasteiger partial charge in [-0.25, -0.2) is 37.4 Å². The average Bonchev–Trinajstić information content (AvgIpc) is 1.64. The number of nitro groups is 1. The number of aliphatic imine (C=N–C) groups is 1. The summed E-state index contributed by atoms with van der Waals surface area (Å²) in [7, 11) is -12.3. The molecule has 30 nitrogen and oxygen atoms in total. The summed E-state index contributed by atoms with van der Waals surface area (Å²) in [5, 5.41) is 59.6. The summed E-state index contributed by atoms with van der Waals surface area (Å²) in [6.07, 6.45) is 24.6. The molecule has 117 heavy (non-hydrogen) atoms. The van der Waals surface area contributed by atoms with Gasteiger partial charge in [-0.3, -0.25) is 29.3 Å². The highest BCUT2D eigenvalue weighted by molar-refractivity contribution is 7.90. The van der Waals surface area contributed by atoms with E-state index in [-0.39, 0.29) is 50.0 Å². The van der Waals surface area contributed by atoms with E-state index >= 15 is 0 Å². The van der Waals surface area contributed by atoms with E-state index in [0.717, 1.165) is 205 Å². The monoisotopic (exact) mass is 1660 g/mol. The zero-order valence-corrected chi connectivity index (χ0v) is 68.0. The molecule has 12 N–H and O–H groups in total. The maximum atomic E-state index is 12.5. The fourth-order valence-corrected chi connectivity index (χ4v) is 19.3. The van der Waals surface area contributed by atoms with Crippen LogP contribution in [0, 0.1) is 10.1 Å². The fourth-order valence-electron chi connectivity index (χ4n) is 17.2. The number of benzene rings is 5. The molecule has 1 atom stereocenters. The highest BCUT2D eigenvalue weighted by atomic mass is 32.2. The molecule has 10 aliphatic rings. The summed E-state index contributed by atoms with van der Waals surface area (Å²) in [6, 6.07) is 11.7. The van der Waals surface area contributed by atoms with Crippen LogP contribution in [0.4, 0.5) is 38.0 Å². The number of hydrogen-bond donors (Lipinski definition) is 10. The number of primary sulfonamides is 1. The quantitative estimate of drug-likeness (QED) is 0.0178. The predicted molar refractivity (Wildman–Crippen MR) is 427 cm³/mol. The van der Waals surface area contributed by atoms with Gasteiger partial charge in [0, 0.05) is 111 Å². The Morgan fingerprint density at radius 2 is 0.829 bits per heavy atom. The summed E-state index contributed by atoms with van der Waals surface area (Å²) in [4.78, 5) is 97.2. The van der Waals surface area contributed by atoms with E-state index < -0.39 is 75.2 Å². The molecule has 618 valence electrons. The number of amides is 4. The van der Waals surface area contributed by atoms with Gasteiger partial charge >= 0.3 is 12.1 Å². The molecule has 33 heteroatoms. The second-order valence-electron chi connectivity index (χ2n) is 32.4. The topological polar surface area (TPSA) is 498 Å². The van der Waals surface area contributed by atoms with Gasteiger partial charge in [-0.1, -0.05) is 6.07 Å². The van der Waals surface area contributed by atoms with Crippen molar-refractivity contribution in [2.24, 2.45) is 10.1 Å². The number of aliphatic hydroxyl groups is 4. The molecule has 0 fully saturated rings. The van der Waals surface area contributed by atoms with E-state index in [1.807, 2.05) is 33.7 Å². The minimum absolute atomic E-state index is 0.0421. The largest absolute Gasteiger partial charge is 0.451 e. The van der Waals surface area contributed by atoms with Crippen LogP contribution in [0.25, 0.3) is 0 Å². The summed E-state index contributed by atoms with van der Waals surface area (Å²) in [5.74, 6) is 0.571. The van der Waals surface area contributed by atoms with Gasteiger partial charge in [0.25, 0.3) is 35.8 Å². The van der Waals surface area contributed by atoms with Crippen LogP contribution >= 0.6 is 0 Å². The minimum Gasteiger partial charge on any atom is -0.451 e. The lowest BCUT2D eigenvalue weighted by atomic mass is 9.98. The van der Waals surface area contributed by atoms with E-state index in [1.165, 1.54) is 89.1 Å². The second-order valence-corrected chi connectivity index (χ2v) is 37.1. The summed E-state index contributed by atoms with van der Waals surface area (Å²) in [5.41, 5.74) is 25.5. The number of isocyanates is 1. The molecule has 0 spiro atoms. The Morgan fingerprint density at radius 3 is 1.27 bits per heavy atom. The number of Topliss-reactive ketones (excluding diaryl/α,β-unsaturated/α-hetero) is 4. The molecule has 8 aromatic rings. The van der Waals surface area contributed by atoms with Crippen molar-refractivity contribution in [1.29, 1.82) is 0 Å². The number of nitrogens with two attached hydrogens (primary N) is 2. The number of carbonyl (C=O) groups is 6. The van der Waals surface area contributed by atoms with Gasteiger partial charge < -0.3 is 50.0 Å². The number of aryl methyl sites for hydroxylation is 5. The Hall–Kier alpha value is -10.6. The SMILES string of the molecule is CC(C)(O)c1coc(S(=O)(=O)NC(=O)Nc2c3c(cc4c2CCC4=O)CCC3)c1.CC(C)(O)c1coc(S(=O)(=O)NC(=O)Nc2c3c(cc4c2CCC4O)CCC3)c1.CC(C)(O)c1coc(S(N)(=O)=O)c1.Nc1c2c(cc3c1CCC3=O)CCC2.O=C1CCc2c1cc1c(c2[N+](=O)[O-])CCC1.O=C=Nc1c2c(cc3c1CCC3=O)CCC2. The van der Waals surface area contributed by atoms with Crippen LogP contribution in [-0.2, 0) is 148 Å². The first-order chi connectivity index (χ1) is 55.1. The number of aliphatic hydroxyl groups excluding tert-OH is 1. The summed E-state index contributed by atoms with van der Waals surface area (Å²) >= 11 is 0. The average molecular weight is 1660 g/mol. The molecular formula is C84H92N8O22S3. The van der Waals surface area contributed by atoms with Gasteiger partial charge in [-0.2, -0.15) is 21.8 Å². The normalized spacial score (nSPS) is 16.9. The minimum atomic E-state index is -4.26. The first-order valence-electron chi connectivity index (χ1n) is 38.9. The molecule has 3 aromatic heterocycles. The Morgan fingerprint density at radius 1 is 0.470 bits per heavy atom. The molecule has 4 amide bonds. The van der Waals surface area contributed by atoms with Crippen LogP contribution in [-0.4, -0.2) is 91.9 Å². The van der Waals surface area contributed by atoms with E-state index in [0.29, 0.717) is 85.0 Å². The van der Waals surface area contributed by atoms with Crippen molar-refractivity contribution >= 4 is 99.8 Å². The molecule has 0 bridgehead atoms. The third kappa shape index (κ3) is 17.7. The molecule has 0 saturated carbocycles. The Kier molecular flexibility index (Phi) is 23.6. The van der Waals surface area contributed by atoms with E-state index in [4.69, 9.17) is 19.7 Å². The Balaban J connectivity index is 0.000000126. The third-order valence-corrected chi connectivity index (χ3v) is 26.3. The predicted octanol–water partition coefficient (Wildman–Crippen LogP) is 11.6. The smallest absolute Gasteiger partial charge is 0.333 e. The summed E-state index contributed by atoms with van der Waals surface area (Å²) in [6.45, 7) is 9.02. The van der Waals surface area contributed by atoms with Crippen molar-refractivity contribution in [2.45, 2.75) is 240 Å². The number of anilines is 3. The van der Waals surface area contributed by atoms with Gasteiger partial charge in [-0.15, -0.1) is 0 Å². The van der Waals surface area contributed by atoms with Crippen LogP contribution in [0.2, 0.25) is 0 Å². The number of nitro benzene ring substituents is 1. The molecule has 1 unspecified atom stereocenters. The molecule has 0 aliphatic heterocycles. The molecule has 5 aromatic carbocycles. The van der Waals surface area contributed by atoms with Gasteiger partial charge in [0.05, 0.1) is 52.3 Å². The molecule has 18 rings (SSSR count). The Labute approximate surface area is 675 Å². The van der Waals surface area contributed by atoms with Gasteiger partial charge in [0.2, 0.25) is 21.4 Å². The second kappa shape index (κ2) is 32.7. The molecule has 3 heterocycles. The first kappa shape index (κ1) is 84.3. The van der Waals surface area contributed by atoms with Gasteiger partial charge in [0.15, 0.2) is 23.1 Å². The maximum Gasteiger partial charge on any atom is 0.333 e. The molecule has 0 saturated heterocycles. The van der Waals surface area contributed by atoms with Crippen LogP contribution in [0.1, 0.15) is 259 Å². The number of nitrogen functional groups attached to an aromatic ring is 1. The third-order valence-electron chi connectivity index (χ3n) is 23.1.